The molecule has 1 heterocycles. The number of benzene rings is 2. The van der Waals surface area contributed by atoms with Gasteiger partial charge < -0.3 is 15.4 Å². The van der Waals surface area contributed by atoms with Crippen LogP contribution in [0.4, 0.5) is 13.6 Å². The van der Waals surface area contributed by atoms with Crippen LogP contribution < -0.4 is 15.4 Å². The molecule has 7 nitrogen and oxygen atoms in total. The highest BCUT2D eigenvalue weighted by atomic mass is 19.3. The molecule has 182 valence electrons. The number of imide groups is 1. The van der Waals surface area contributed by atoms with E-state index in [2.05, 4.69) is 15.4 Å². The lowest BCUT2D eigenvalue weighted by Gasteiger charge is -2.26. The quantitative estimate of drug-likeness (QED) is 0.474. The largest absolute Gasteiger partial charge is 0.435 e. The summed E-state index contributed by atoms with van der Waals surface area (Å²) in [7, 11) is 0. The zero-order valence-electron chi connectivity index (χ0n) is 19.2. The van der Waals surface area contributed by atoms with Gasteiger partial charge in [-0.15, -0.1) is 0 Å². The van der Waals surface area contributed by atoms with Gasteiger partial charge in [0.15, 0.2) is 0 Å². The van der Waals surface area contributed by atoms with Crippen molar-refractivity contribution in [2.75, 3.05) is 6.54 Å². The predicted molar refractivity (Wildman–Crippen MR) is 122 cm³/mol. The zero-order valence-corrected chi connectivity index (χ0v) is 19.2. The van der Waals surface area contributed by atoms with Crippen LogP contribution >= 0.6 is 0 Å². The molecule has 2 N–H and O–H groups in total. The minimum atomic E-state index is -2.94. The van der Waals surface area contributed by atoms with E-state index < -0.39 is 36.7 Å². The molecule has 1 fully saturated rings. The van der Waals surface area contributed by atoms with Crippen molar-refractivity contribution in [2.24, 2.45) is 0 Å². The first-order valence-electron chi connectivity index (χ1n) is 11.3. The standard InChI is InChI=1S/C25H29F2N3O4/c1-3-14-25(15-4-2)22(32)30(24(33)29-25)16-20(31)28-21(17-8-6-5-7-9-17)18-10-12-19(13-11-18)34-23(26)27/h5-13,21,23H,3-4,14-16H2,1-2H3,(H,28,31)(H,29,33). The molecule has 34 heavy (non-hydrogen) atoms. The van der Waals surface area contributed by atoms with Gasteiger partial charge in [0.1, 0.15) is 17.8 Å². The molecule has 0 bridgehead atoms. The van der Waals surface area contributed by atoms with E-state index in [0.717, 1.165) is 10.5 Å². The van der Waals surface area contributed by atoms with E-state index in [1.54, 1.807) is 12.1 Å². The molecule has 0 saturated carbocycles. The van der Waals surface area contributed by atoms with E-state index in [1.807, 2.05) is 44.2 Å². The average Bonchev–Trinajstić information content (AvgIpc) is 3.03. The van der Waals surface area contributed by atoms with Gasteiger partial charge in [-0.3, -0.25) is 14.5 Å². The number of carbonyl (C=O) groups excluding carboxylic acids is 3. The van der Waals surface area contributed by atoms with Gasteiger partial charge in [-0.05, 0) is 36.1 Å². The number of hydrogen-bond acceptors (Lipinski definition) is 4. The van der Waals surface area contributed by atoms with Gasteiger partial charge in [0.2, 0.25) is 5.91 Å². The maximum atomic E-state index is 13.1. The predicted octanol–water partition coefficient (Wildman–Crippen LogP) is 4.38. The maximum absolute atomic E-state index is 13.1. The Morgan fingerprint density at radius 1 is 1.00 bits per heavy atom. The number of rotatable bonds is 11. The Hall–Kier alpha value is -3.49. The molecule has 1 unspecified atom stereocenters. The molecule has 0 aromatic heterocycles. The summed E-state index contributed by atoms with van der Waals surface area (Å²) < 4.78 is 29.4. The summed E-state index contributed by atoms with van der Waals surface area (Å²) in [6.07, 6.45) is 2.44. The number of ether oxygens (including phenoxy) is 1. The van der Waals surface area contributed by atoms with Crippen molar-refractivity contribution in [2.45, 2.75) is 57.7 Å². The summed E-state index contributed by atoms with van der Waals surface area (Å²) in [5, 5.41) is 5.66. The highest BCUT2D eigenvalue weighted by molar-refractivity contribution is 6.09. The number of nitrogens with zero attached hydrogens (tertiary/aromatic N) is 1. The lowest BCUT2D eigenvalue weighted by molar-refractivity contribution is -0.135. The second-order valence-corrected chi connectivity index (χ2v) is 8.26. The first-order valence-corrected chi connectivity index (χ1v) is 11.3. The van der Waals surface area contributed by atoms with E-state index in [-0.39, 0.29) is 11.7 Å². The van der Waals surface area contributed by atoms with Crippen LogP contribution in [-0.4, -0.2) is 41.4 Å². The van der Waals surface area contributed by atoms with E-state index in [0.29, 0.717) is 31.2 Å². The van der Waals surface area contributed by atoms with Crippen LogP contribution in [0.2, 0.25) is 0 Å². The molecule has 2 aromatic rings. The Morgan fingerprint density at radius 2 is 1.59 bits per heavy atom. The van der Waals surface area contributed by atoms with Crippen molar-refractivity contribution in [3.05, 3.63) is 65.7 Å². The summed E-state index contributed by atoms with van der Waals surface area (Å²) >= 11 is 0. The number of nitrogens with one attached hydrogen (secondary N) is 2. The van der Waals surface area contributed by atoms with Gasteiger partial charge in [-0.1, -0.05) is 69.2 Å². The Kier molecular flexibility index (Phi) is 8.20. The fraction of sp³-hybridized carbons (Fsp3) is 0.400. The van der Waals surface area contributed by atoms with Crippen LogP contribution in [0, 0.1) is 0 Å². The molecule has 9 heteroatoms. The third-order valence-electron chi connectivity index (χ3n) is 5.78. The van der Waals surface area contributed by atoms with Crippen LogP contribution in [0.1, 0.15) is 56.7 Å². The van der Waals surface area contributed by atoms with Crippen molar-refractivity contribution in [3.8, 4) is 5.75 Å². The van der Waals surface area contributed by atoms with Crippen molar-refractivity contribution in [3.63, 3.8) is 0 Å². The van der Waals surface area contributed by atoms with Crippen LogP contribution in [-0.2, 0) is 9.59 Å². The fourth-order valence-electron chi connectivity index (χ4n) is 4.33. The Balaban J connectivity index is 1.79. The monoisotopic (exact) mass is 473 g/mol. The highest BCUT2D eigenvalue weighted by Crippen LogP contribution is 2.29. The van der Waals surface area contributed by atoms with Crippen molar-refractivity contribution in [1.82, 2.24) is 15.5 Å². The van der Waals surface area contributed by atoms with Crippen molar-refractivity contribution >= 4 is 17.8 Å². The van der Waals surface area contributed by atoms with Crippen molar-refractivity contribution in [1.29, 1.82) is 0 Å². The molecule has 0 radical (unpaired) electrons. The smallest absolute Gasteiger partial charge is 0.387 e. The van der Waals surface area contributed by atoms with E-state index in [4.69, 9.17) is 0 Å². The number of amides is 4. The highest BCUT2D eigenvalue weighted by Gasteiger charge is 2.50. The SMILES string of the molecule is CCCC1(CCC)NC(=O)N(CC(=O)NC(c2ccccc2)c2ccc(OC(F)F)cc2)C1=O. The van der Waals surface area contributed by atoms with Crippen LogP contribution in [0.15, 0.2) is 54.6 Å². The second-order valence-electron chi connectivity index (χ2n) is 8.26. The molecule has 0 aliphatic carbocycles. The minimum Gasteiger partial charge on any atom is -0.435 e. The van der Waals surface area contributed by atoms with Gasteiger partial charge in [0.05, 0.1) is 6.04 Å². The summed E-state index contributed by atoms with van der Waals surface area (Å²) in [5.41, 5.74) is 0.409. The lowest BCUT2D eigenvalue weighted by atomic mass is 9.88. The maximum Gasteiger partial charge on any atom is 0.387 e. The number of urea groups is 1. The first kappa shape index (κ1) is 25.1. The van der Waals surface area contributed by atoms with Gasteiger partial charge in [-0.2, -0.15) is 8.78 Å². The molecule has 1 saturated heterocycles. The molecule has 1 aliphatic rings. The molecule has 1 aliphatic heterocycles. The molecular formula is C25H29F2N3O4. The van der Waals surface area contributed by atoms with E-state index in [1.165, 1.54) is 12.1 Å². The molecule has 3 rings (SSSR count). The molecule has 2 aromatic carbocycles. The number of alkyl halides is 2. The van der Waals surface area contributed by atoms with Crippen molar-refractivity contribution < 1.29 is 27.9 Å². The average molecular weight is 474 g/mol. The summed E-state index contributed by atoms with van der Waals surface area (Å²) in [6.45, 7) is 0.519. The molecule has 1 atom stereocenters. The Bertz CT molecular complexity index is 993. The van der Waals surface area contributed by atoms with Gasteiger partial charge in [0.25, 0.3) is 5.91 Å². The van der Waals surface area contributed by atoms with Crippen LogP contribution in [0.25, 0.3) is 0 Å². The van der Waals surface area contributed by atoms with Crippen LogP contribution in [0.3, 0.4) is 0 Å². The second kappa shape index (κ2) is 11.1. The lowest BCUT2D eigenvalue weighted by Crippen LogP contribution is -2.47. The van der Waals surface area contributed by atoms with Gasteiger partial charge in [0, 0.05) is 0 Å². The van der Waals surface area contributed by atoms with Gasteiger partial charge >= 0.3 is 12.6 Å². The Labute approximate surface area is 197 Å². The zero-order chi connectivity index (χ0) is 24.7. The topological polar surface area (TPSA) is 87.7 Å². The number of hydrogen-bond donors (Lipinski definition) is 2. The number of carbonyl (C=O) groups is 3. The molecular weight excluding hydrogens is 444 g/mol. The van der Waals surface area contributed by atoms with E-state index >= 15 is 0 Å². The molecule has 0 spiro atoms. The third-order valence-corrected chi connectivity index (χ3v) is 5.78. The van der Waals surface area contributed by atoms with Gasteiger partial charge in [-0.25, -0.2) is 4.79 Å². The Morgan fingerprint density at radius 3 is 2.15 bits per heavy atom. The van der Waals surface area contributed by atoms with E-state index in [9.17, 15) is 23.2 Å². The van der Waals surface area contributed by atoms with Crippen LogP contribution in [0.5, 0.6) is 5.75 Å². The molecule has 4 amide bonds. The summed E-state index contributed by atoms with van der Waals surface area (Å²) in [4.78, 5) is 39.6. The summed E-state index contributed by atoms with van der Waals surface area (Å²) in [5.74, 6) is -0.908. The third kappa shape index (κ3) is 5.70. The number of halogens is 2. The minimum absolute atomic E-state index is 0.000546. The fourth-order valence-corrected chi connectivity index (χ4v) is 4.33. The first-order chi connectivity index (χ1) is 16.3. The summed E-state index contributed by atoms with van der Waals surface area (Å²) in [6, 6.07) is 13.8. The normalized spacial score (nSPS) is 15.9.